The Morgan fingerprint density at radius 1 is 0.700 bits per heavy atom. The van der Waals surface area contributed by atoms with Gasteiger partial charge in [-0.1, -0.05) is 37.1 Å². The summed E-state index contributed by atoms with van der Waals surface area (Å²) in [5.41, 5.74) is 3.80. The molecule has 6 heteroatoms. The van der Waals surface area contributed by atoms with Crippen LogP contribution in [0.4, 0.5) is 8.78 Å². The summed E-state index contributed by atoms with van der Waals surface area (Å²) in [6.07, 6.45) is 15.9. The summed E-state index contributed by atoms with van der Waals surface area (Å²) in [5.74, 6) is -0.385. The normalized spacial score (nSPS) is 12.0. The van der Waals surface area contributed by atoms with Crippen LogP contribution in [0.1, 0.15) is 24.0 Å². The summed E-state index contributed by atoms with van der Waals surface area (Å²) in [4.78, 5) is 0. The fraction of sp³-hybridized carbons (Fsp3) is 0.0833. The van der Waals surface area contributed by atoms with Gasteiger partial charge in [-0.2, -0.15) is 35.5 Å². The van der Waals surface area contributed by atoms with Crippen molar-refractivity contribution in [3.8, 4) is 0 Å². The molecule has 0 fully saturated rings. The van der Waals surface area contributed by atoms with Gasteiger partial charge in [-0.15, -0.1) is 60.2 Å². The summed E-state index contributed by atoms with van der Waals surface area (Å²) in [6, 6.07) is 13.2. The van der Waals surface area contributed by atoms with E-state index in [-0.39, 0.29) is 51.3 Å². The van der Waals surface area contributed by atoms with Crippen LogP contribution in [0.15, 0.2) is 72.8 Å². The van der Waals surface area contributed by atoms with E-state index < -0.39 is 0 Å². The van der Waals surface area contributed by atoms with Gasteiger partial charge in [0, 0.05) is 0 Å². The van der Waals surface area contributed by atoms with Gasteiger partial charge in [0.1, 0.15) is 11.6 Å². The molecule has 2 aliphatic carbocycles. The zero-order chi connectivity index (χ0) is 18.8. The quantitative estimate of drug-likeness (QED) is 0.257. The summed E-state index contributed by atoms with van der Waals surface area (Å²) >= 11 is 3.64. The minimum atomic E-state index is -0.192. The summed E-state index contributed by atoms with van der Waals surface area (Å²) < 4.78 is 25.5. The van der Waals surface area contributed by atoms with E-state index in [4.69, 9.17) is 0 Å². The average Bonchev–Trinajstić information content (AvgIpc) is 3.38. The maximum absolute atomic E-state index is 12.8. The second-order valence-corrected chi connectivity index (χ2v) is 5.41. The predicted molar refractivity (Wildman–Crippen MR) is 127 cm³/mol. The first kappa shape index (κ1) is 33.9. The molecule has 160 valence electrons. The Balaban J connectivity index is -0.000000400. The molecule has 0 aliphatic heterocycles. The van der Waals surface area contributed by atoms with Crippen LogP contribution < -0.4 is 0 Å². The van der Waals surface area contributed by atoms with Crippen LogP contribution in [-0.4, -0.2) is 12.1 Å². The van der Waals surface area contributed by atoms with Crippen LogP contribution >= 0.6 is 24.8 Å². The standard InChI is InChI=1S/2C11H8F.2CH3.2ClH.Ge.Zr/c2*12-11-7-3-6-10(8-11)9-4-1-2-5-9;;;;;;/h2*1,3-4,6-8H,2H2;2*1H3;2*1H;;/q4*-1;;;;. The minimum absolute atomic E-state index is 0. The molecule has 0 amide bonds. The van der Waals surface area contributed by atoms with Crippen LogP contribution in [-0.2, 0) is 21.6 Å². The fourth-order valence-corrected chi connectivity index (χ4v) is 2.52. The van der Waals surface area contributed by atoms with E-state index in [0.29, 0.717) is 0 Å². The van der Waals surface area contributed by atoms with Crippen molar-refractivity contribution in [1.29, 1.82) is 0 Å². The Morgan fingerprint density at radius 3 is 1.33 bits per heavy atom. The molecule has 0 N–H and O–H groups in total. The number of benzene rings is 2. The van der Waals surface area contributed by atoms with Gasteiger partial charge in [-0.05, 0) is 12.1 Å². The summed E-state index contributed by atoms with van der Waals surface area (Å²) in [6.45, 7) is 0. The van der Waals surface area contributed by atoms with E-state index >= 15 is 0 Å². The third kappa shape index (κ3) is 11.0. The van der Waals surface area contributed by atoms with Crippen molar-refractivity contribution in [3.05, 3.63) is 123 Å². The van der Waals surface area contributed by atoms with Crippen molar-refractivity contribution in [3.63, 3.8) is 0 Å². The Hall–Kier alpha value is -0.734. The van der Waals surface area contributed by atoms with Crippen molar-refractivity contribution in [2.45, 2.75) is 12.8 Å². The Bertz CT molecular complexity index is 806. The molecule has 0 bridgehead atoms. The monoisotopic (exact) mass is 584 g/mol. The van der Waals surface area contributed by atoms with Gasteiger partial charge in [0.25, 0.3) is 0 Å². The van der Waals surface area contributed by atoms with Crippen LogP contribution in [0.2, 0.25) is 0 Å². The van der Waals surface area contributed by atoms with Gasteiger partial charge in [-0.3, -0.25) is 0 Å². The zero-order valence-corrected chi connectivity index (χ0v) is 23.1. The van der Waals surface area contributed by atoms with Crippen LogP contribution in [0.25, 0.3) is 11.1 Å². The molecule has 2 aromatic rings. The summed E-state index contributed by atoms with van der Waals surface area (Å²) in [5, 5.41) is 0. The van der Waals surface area contributed by atoms with Gasteiger partial charge in [0.2, 0.25) is 0 Å². The Labute approximate surface area is 212 Å². The predicted octanol–water partition coefficient (Wildman–Crippen LogP) is 7.31. The van der Waals surface area contributed by atoms with E-state index in [0.717, 1.165) is 35.1 Å². The maximum atomic E-state index is 12.8. The average molecular weight is 585 g/mol. The van der Waals surface area contributed by atoms with Crippen molar-refractivity contribution in [2.24, 2.45) is 0 Å². The van der Waals surface area contributed by atoms with Crippen molar-refractivity contribution in [1.82, 2.24) is 0 Å². The first-order chi connectivity index (χ1) is 12.7. The first-order valence-electron chi connectivity index (χ1n) is 8.04. The molecule has 0 aromatic heterocycles. The second-order valence-electron chi connectivity index (χ2n) is 5.41. The molecule has 0 saturated carbocycles. The van der Waals surface area contributed by atoms with E-state index in [1.165, 1.54) is 24.3 Å². The van der Waals surface area contributed by atoms with Gasteiger partial charge in [0.15, 0.2) is 0 Å². The van der Waals surface area contributed by atoms with E-state index in [1.54, 1.807) is 33.7 Å². The summed E-state index contributed by atoms with van der Waals surface area (Å²) in [7, 11) is 0. The SMILES string of the molecule is Cl.Cl.Fc1cccc(C2=[C-]CC=C2)c1.Fc1cccc(C2=[C-]CC=C2)c1.[CH3-].[CH3-].[Ge]=[Zr]. The Morgan fingerprint density at radius 2 is 1.07 bits per heavy atom. The second kappa shape index (κ2) is 19.0. The van der Waals surface area contributed by atoms with Crippen molar-refractivity contribution >= 4 is 48.1 Å². The van der Waals surface area contributed by atoms with Crippen molar-refractivity contribution in [2.75, 3.05) is 0 Å². The topological polar surface area (TPSA) is 0 Å². The third-order valence-electron chi connectivity index (χ3n) is 3.66. The van der Waals surface area contributed by atoms with E-state index in [9.17, 15) is 8.78 Å². The van der Waals surface area contributed by atoms with E-state index in [1.807, 2.05) is 36.4 Å². The molecule has 2 aliphatic rings. The number of hydrogen-bond donors (Lipinski definition) is 0. The number of allylic oxidation sites excluding steroid dienone is 8. The number of halogens is 4. The molecule has 0 atom stereocenters. The molecule has 4 rings (SSSR count). The molecule has 0 unspecified atom stereocenters. The molecule has 0 heterocycles. The third-order valence-corrected chi connectivity index (χ3v) is 3.66. The molecular weight excluding hydrogens is 561 g/mol. The van der Waals surface area contributed by atoms with Gasteiger partial charge in [0.05, 0.1) is 0 Å². The first-order valence-corrected chi connectivity index (χ1v) is 15.5. The van der Waals surface area contributed by atoms with Crippen LogP contribution in [0, 0.1) is 38.6 Å². The molecule has 0 nitrogen and oxygen atoms in total. The molecule has 2 radical (unpaired) electrons. The van der Waals surface area contributed by atoms with Gasteiger partial charge < -0.3 is 14.9 Å². The molecular formula is C24H24Cl2F2GeZr-4. The fourth-order valence-electron chi connectivity index (χ4n) is 2.52. The molecule has 0 spiro atoms. The van der Waals surface area contributed by atoms with E-state index in [2.05, 4.69) is 24.3 Å². The molecule has 2 aromatic carbocycles. The molecule has 30 heavy (non-hydrogen) atoms. The van der Waals surface area contributed by atoms with Gasteiger partial charge >= 0.3 is 33.7 Å². The number of hydrogen-bond acceptors (Lipinski definition) is 0. The van der Waals surface area contributed by atoms with Gasteiger partial charge in [-0.25, -0.2) is 8.78 Å². The van der Waals surface area contributed by atoms with Crippen molar-refractivity contribution < 1.29 is 30.4 Å². The molecule has 0 saturated heterocycles. The van der Waals surface area contributed by atoms with Crippen LogP contribution in [0.3, 0.4) is 0 Å². The Kier molecular flexibility index (Phi) is 21.5. The zero-order valence-electron chi connectivity index (χ0n) is 16.9. The van der Waals surface area contributed by atoms with Crippen LogP contribution in [0.5, 0.6) is 0 Å². The number of rotatable bonds is 2.